The highest BCUT2D eigenvalue weighted by molar-refractivity contribution is 5.86. The maximum Gasteiger partial charge on any atom is 0.0679 e. The van der Waals surface area contributed by atoms with Crippen molar-refractivity contribution < 1.29 is 4.74 Å². The molecule has 4 rings (SSSR count). The van der Waals surface area contributed by atoms with Gasteiger partial charge in [-0.3, -0.25) is 4.90 Å². The molecule has 1 unspecified atom stereocenters. The van der Waals surface area contributed by atoms with Gasteiger partial charge in [0, 0.05) is 51.0 Å². The minimum Gasteiger partial charge on any atom is -0.381 e. The van der Waals surface area contributed by atoms with E-state index in [1.165, 1.54) is 68.7 Å². The fraction of sp³-hybridized carbons (Fsp3) is 0.724. The molecule has 1 aromatic carbocycles. The average Bonchev–Trinajstić information content (AvgIpc) is 2.83. The van der Waals surface area contributed by atoms with Crippen LogP contribution in [0.15, 0.2) is 24.3 Å². The van der Waals surface area contributed by atoms with Crippen LogP contribution in [0.3, 0.4) is 0 Å². The number of anilines is 2. The maximum absolute atomic E-state index is 5.62. The molecule has 2 aliphatic heterocycles. The van der Waals surface area contributed by atoms with Gasteiger partial charge in [0.05, 0.1) is 11.4 Å². The summed E-state index contributed by atoms with van der Waals surface area (Å²) in [5.41, 5.74) is 6.22. The van der Waals surface area contributed by atoms with Gasteiger partial charge in [-0.1, -0.05) is 52.3 Å². The fourth-order valence-corrected chi connectivity index (χ4v) is 5.76. The van der Waals surface area contributed by atoms with Gasteiger partial charge in [-0.15, -0.1) is 0 Å². The smallest absolute Gasteiger partial charge is 0.0679 e. The molecule has 184 valence electrons. The lowest BCUT2D eigenvalue weighted by molar-refractivity contribution is 0.0904. The molecule has 4 nitrogen and oxygen atoms in total. The van der Waals surface area contributed by atoms with Crippen LogP contribution in [0.2, 0.25) is 0 Å². The van der Waals surface area contributed by atoms with Gasteiger partial charge in [0.25, 0.3) is 0 Å². The molecular formula is C29H47N3O. The maximum atomic E-state index is 5.62. The minimum absolute atomic E-state index is 0.395. The largest absolute Gasteiger partial charge is 0.381 e. The van der Waals surface area contributed by atoms with E-state index in [9.17, 15) is 0 Å². The Morgan fingerprint density at radius 1 is 1.03 bits per heavy atom. The van der Waals surface area contributed by atoms with Gasteiger partial charge < -0.3 is 15.0 Å². The van der Waals surface area contributed by atoms with Crippen LogP contribution in [0.4, 0.5) is 11.4 Å². The Bertz CT molecular complexity index is 783. The molecule has 0 bridgehead atoms. The summed E-state index contributed by atoms with van der Waals surface area (Å²) >= 11 is 0. The molecule has 0 aromatic heterocycles. The molecular weight excluding hydrogens is 406 g/mol. The van der Waals surface area contributed by atoms with Crippen LogP contribution in [0.1, 0.15) is 78.2 Å². The third-order valence-corrected chi connectivity index (χ3v) is 8.11. The van der Waals surface area contributed by atoms with E-state index >= 15 is 0 Å². The van der Waals surface area contributed by atoms with Gasteiger partial charge in [-0.2, -0.15) is 0 Å². The number of nitrogens with zero attached hydrogens (tertiary/aromatic N) is 2. The second-order valence-corrected chi connectivity index (χ2v) is 11.5. The van der Waals surface area contributed by atoms with Gasteiger partial charge in [-0.25, -0.2) is 0 Å². The van der Waals surface area contributed by atoms with E-state index in [-0.39, 0.29) is 0 Å². The molecule has 2 saturated heterocycles. The van der Waals surface area contributed by atoms with E-state index in [1.54, 1.807) is 5.57 Å². The van der Waals surface area contributed by atoms with E-state index in [4.69, 9.17) is 4.74 Å². The zero-order valence-electron chi connectivity index (χ0n) is 21.7. The summed E-state index contributed by atoms with van der Waals surface area (Å²) in [6.45, 7) is 17.1. The van der Waals surface area contributed by atoms with Crippen molar-refractivity contribution in [1.29, 1.82) is 0 Å². The Morgan fingerprint density at radius 3 is 2.42 bits per heavy atom. The molecule has 33 heavy (non-hydrogen) atoms. The zero-order chi connectivity index (χ0) is 23.3. The minimum atomic E-state index is 0.395. The van der Waals surface area contributed by atoms with E-state index < -0.39 is 0 Å². The topological polar surface area (TPSA) is 27.7 Å². The first-order valence-corrected chi connectivity index (χ1v) is 13.6. The second-order valence-electron chi connectivity index (χ2n) is 11.5. The lowest BCUT2D eigenvalue weighted by Crippen LogP contribution is -2.47. The zero-order valence-corrected chi connectivity index (χ0v) is 21.7. The van der Waals surface area contributed by atoms with Crippen LogP contribution in [-0.2, 0) is 4.74 Å². The van der Waals surface area contributed by atoms with E-state index in [0.717, 1.165) is 45.1 Å². The highest BCUT2D eigenvalue weighted by Gasteiger charge is 2.29. The van der Waals surface area contributed by atoms with Crippen LogP contribution < -0.4 is 10.2 Å². The summed E-state index contributed by atoms with van der Waals surface area (Å²) in [5, 5.41) is 3.94. The molecule has 3 aliphatic rings. The number of piperazine rings is 1. The molecule has 1 aromatic rings. The Labute approximate surface area is 202 Å². The van der Waals surface area contributed by atoms with Crippen LogP contribution >= 0.6 is 0 Å². The SMILES string of the molecule is CCCCN1CCN(c2c(NC3CCOCC3)cccc2C2=CCC(C(C)(C)C)CC2)CC1. The molecule has 0 amide bonds. The van der Waals surface area contributed by atoms with Crippen molar-refractivity contribution in [2.75, 3.05) is 56.2 Å². The van der Waals surface area contributed by atoms with E-state index in [1.807, 2.05) is 0 Å². The first kappa shape index (κ1) is 24.6. The van der Waals surface area contributed by atoms with E-state index in [0.29, 0.717) is 11.5 Å². The predicted octanol–water partition coefficient (Wildman–Crippen LogP) is 6.43. The molecule has 1 aliphatic carbocycles. The highest BCUT2D eigenvalue weighted by Crippen LogP contribution is 2.43. The van der Waals surface area contributed by atoms with E-state index in [2.05, 4.69) is 67.1 Å². The normalized spacial score (nSPS) is 23.5. The molecule has 4 heteroatoms. The number of rotatable bonds is 7. The number of unbranched alkanes of at least 4 members (excludes halogenated alkanes) is 1. The Balaban J connectivity index is 1.58. The van der Waals surface area contributed by atoms with Gasteiger partial charge >= 0.3 is 0 Å². The second kappa shape index (κ2) is 11.3. The highest BCUT2D eigenvalue weighted by atomic mass is 16.5. The van der Waals surface area contributed by atoms with Crippen molar-refractivity contribution in [3.05, 3.63) is 29.8 Å². The van der Waals surface area contributed by atoms with Gasteiger partial charge in [0.2, 0.25) is 0 Å². The van der Waals surface area contributed by atoms with Crippen LogP contribution in [-0.4, -0.2) is 56.9 Å². The lowest BCUT2D eigenvalue weighted by Gasteiger charge is -2.39. The number of allylic oxidation sites excluding steroid dienone is 2. The van der Waals surface area contributed by atoms with Crippen molar-refractivity contribution >= 4 is 16.9 Å². The molecule has 0 spiro atoms. The first-order valence-electron chi connectivity index (χ1n) is 13.6. The van der Waals surface area contributed by atoms with Crippen LogP contribution in [0, 0.1) is 11.3 Å². The summed E-state index contributed by atoms with van der Waals surface area (Å²) in [6.07, 6.45) is 11.1. The summed E-state index contributed by atoms with van der Waals surface area (Å²) in [7, 11) is 0. The third-order valence-electron chi connectivity index (χ3n) is 8.11. The third kappa shape index (κ3) is 6.33. The average molecular weight is 454 g/mol. The Kier molecular flexibility index (Phi) is 8.40. The van der Waals surface area contributed by atoms with Gasteiger partial charge in [0.15, 0.2) is 0 Å². The molecule has 0 saturated carbocycles. The lowest BCUT2D eigenvalue weighted by atomic mass is 9.72. The number of hydrogen-bond acceptors (Lipinski definition) is 4. The molecule has 2 heterocycles. The first-order chi connectivity index (χ1) is 16.0. The van der Waals surface area contributed by atoms with Crippen LogP contribution in [0.25, 0.3) is 5.57 Å². The molecule has 2 fully saturated rings. The number of benzene rings is 1. The molecule has 0 radical (unpaired) electrons. The van der Waals surface area contributed by atoms with Crippen molar-refractivity contribution in [3.8, 4) is 0 Å². The number of hydrogen-bond donors (Lipinski definition) is 1. The quantitative estimate of drug-likeness (QED) is 0.515. The number of nitrogens with one attached hydrogen (secondary N) is 1. The summed E-state index contributed by atoms with van der Waals surface area (Å²) in [4.78, 5) is 5.33. The Morgan fingerprint density at radius 2 is 1.79 bits per heavy atom. The molecule has 1 N–H and O–H groups in total. The van der Waals surface area contributed by atoms with Crippen molar-refractivity contribution in [2.45, 2.75) is 78.7 Å². The predicted molar refractivity (Wildman–Crippen MR) is 142 cm³/mol. The standard InChI is InChI=1S/C29H47N3O/c1-5-6-16-31-17-19-32(20-18-31)28-26(23-10-12-24(13-11-23)29(2,3)4)8-7-9-27(28)30-25-14-21-33-22-15-25/h7-10,24-25,30H,5-6,11-22H2,1-4H3. The summed E-state index contributed by atoms with van der Waals surface area (Å²) in [5.74, 6) is 0.787. The Hall–Kier alpha value is -1.52. The summed E-state index contributed by atoms with van der Waals surface area (Å²) in [6, 6.07) is 7.49. The van der Waals surface area contributed by atoms with Crippen molar-refractivity contribution in [3.63, 3.8) is 0 Å². The number of para-hydroxylation sites is 1. The van der Waals surface area contributed by atoms with Crippen molar-refractivity contribution in [1.82, 2.24) is 4.90 Å². The van der Waals surface area contributed by atoms with Crippen molar-refractivity contribution in [2.24, 2.45) is 11.3 Å². The monoisotopic (exact) mass is 453 g/mol. The number of ether oxygens (including phenoxy) is 1. The summed E-state index contributed by atoms with van der Waals surface area (Å²) < 4.78 is 5.62. The van der Waals surface area contributed by atoms with Gasteiger partial charge in [0.1, 0.15) is 0 Å². The van der Waals surface area contributed by atoms with Crippen LogP contribution in [0.5, 0.6) is 0 Å². The molecule has 1 atom stereocenters. The van der Waals surface area contributed by atoms with Gasteiger partial charge in [-0.05, 0) is 68.0 Å². The fourth-order valence-electron chi connectivity index (χ4n) is 5.76.